The summed E-state index contributed by atoms with van der Waals surface area (Å²) in [7, 11) is 2.53. The lowest BCUT2D eigenvalue weighted by atomic mass is 9.52. The zero-order valence-electron chi connectivity index (χ0n) is 9.80. The molecule has 2 heteroatoms. The predicted molar refractivity (Wildman–Crippen MR) is 60.5 cm³/mol. The molecule has 1 fully saturated rings. The van der Waals surface area contributed by atoms with Crippen LogP contribution in [0, 0.1) is 0 Å². The van der Waals surface area contributed by atoms with E-state index in [9.17, 15) is 0 Å². The molecule has 0 aliphatic carbocycles. The molecule has 0 N–H and O–H groups in total. The van der Waals surface area contributed by atoms with Crippen molar-refractivity contribution in [2.24, 2.45) is 0 Å². The van der Waals surface area contributed by atoms with Gasteiger partial charge in [-0.1, -0.05) is 31.9 Å². The molecule has 0 saturated carbocycles. The van der Waals surface area contributed by atoms with Crippen LogP contribution < -0.4 is 0 Å². The summed E-state index contributed by atoms with van der Waals surface area (Å²) in [6.45, 7) is 14.1. The Morgan fingerprint density at radius 3 is 2.38 bits per heavy atom. The van der Waals surface area contributed by atoms with Gasteiger partial charge in [-0.25, -0.2) is 0 Å². The van der Waals surface area contributed by atoms with Gasteiger partial charge in [0.25, 0.3) is 0 Å². The third-order valence-electron chi connectivity index (χ3n) is 3.04. The van der Waals surface area contributed by atoms with Gasteiger partial charge in [-0.15, -0.1) is 0 Å². The monoisotopic (exact) mass is 180 g/mol. The Morgan fingerprint density at radius 2 is 1.92 bits per heavy atom. The van der Waals surface area contributed by atoms with Crippen LogP contribution in [0.5, 0.6) is 0 Å². The lowest BCUT2D eigenvalue weighted by Gasteiger charge is -2.43. The minimum Gasteiger partial charge on any atom is -0.299 e. The van der Waals surface area contributed by atoms with Crippen LogP contribution in [-0.2, 0) is 0 Å². The lowest BCUT2D eigenvalue weighted by molar-refractivity contribution is 0.125. The standard InChI is InChI=1S/C11H23BN/c1-6-10-8-13(11(3,4)5)7-9(2)12-10/h9-10H,6-8H2,1-5H3. The highest BCUT2D eigenvalue weighted by molar-refractivity contribution is 6.40. The molecule has 0 amide bonds. The van der Waals surface area contributed by atoms with Crippen molar-refractivity contribution in [2.75, 3.05) is 13.1 Å². The van der Waals surface area contributed by atoms with E-state index in [1.807, 2.05) is 0 Å². The van der Waals surface area contributed by atoms with E-state index in [1.165, 1.54) is 19.5 Å². The molecular weight excluding hydrogens is 157 g/mol. The van der Waals surface area contributed by atoms with E-state index in [-0.39, 0.29) is 0 Å². The first-order chi connectivity index (χ1) is 5.93. The summed E-state index contributed by atoms with van der Waals surface area (Å²) < 4.78 is 0. The second kappa shape index (κ2) is 4.04. The summed E-state index contributed by atoms with van der Waals surface area (Å²) in [6, 6.07) is 0. The van der Waals surface area contributed by atoms with Gasteiger partial charge >= 0.3 is 0 Å². The summed E-state index contributed by atoms with van der Waals surface area (Å²) in [5.74, 6) is 1.57. The second-order valence-corrected chi connectivity index (χ2v) is 5.41. The summed E-state index contributed by atoms with van der Waals surface area (Å²) in [6.07, 6.45) is 1.29. The Kier molecular flexibility index (Phi) is 3.45. The normalized spacial score (nSPS) is 31.5. The summed E-state index contributed by atoms with van der Waals surface area (Å²) >= 11 is 0. The Labute approximate surface area is 84.1 Å². The first-order valence-corrected chi connectivity index (χ1v) is 5.53. The molecule has 1 rings (SSSR count). The van der Waals surface area contributed by atoms with Crippen LogP contribution in [0.2, 0.25) is 11.6 Å². The van der Waals surface area contributed by atoms with Crippen LogP contribution in [-0.4, -0.2) is 30.8 Å². The van der Waals surface area contributed by atoms with Crippen LogP contribution >= 0.6 is 0 Å². The maximum Gasteiger partial charge on any atom is 0.120 e. The maximum atomic E-state index is 2.62. The molecule has 2 atom stereocenters. The molecule has 1 nitrogen and oxygen atoms in total. The van der Waals surface area contributed by atoms with Crippen molar-refractivity contribution in [3.05, 3.63) is 0 Å². The van der Waals surface area contributed by atoms with Crippen LogP contribution in [0.15, 0.2) is 0 Å². The van der Waals surface area contributed by atoms with Crippen molar-refractivity contribution in [3.63, 3.8) is 0 Å². The summed E-state index contributed by atoms with van der Waals surface area (Å²) in [5, 5.41) is 0. The third-order valence-corrected chi connectivity index (χ3v) is 3.04. The molecule has 2 unspecified atom stereocenters. The van der Waals surface area contributed by atoms with Gasteiger partial charge in [0.2, 0.25) is 0 Å². The van der Waals surface area contributed by atoms with Crippen molar-refractivity contribution in [2.45, 2.75) is 58.2 Å². The number of nitrogens with zero attached hydrogens (tertiary/aromatic N) is 1. The van der Waals surface area contributed by atoms with Gasteiger partial charge in [0.1, 0.15) is 7.28 Å². The molecule has 1 heterocycles. The molecule has 0 aromatic heterocycles. The average Bonchev–Trinajstić information content (AvgIpc) is 2.01. The Hall–Kier alpha value is 0.0249. The lowest BCUT2D eigenvalue weighted by Crippen LogP contribution is -2.49. The van der Waals surface area contributed by atoms with E-state index in [0.717, 1.165) is 11.6 Å². The maximum absolute atomic E-state index is 2.62. The minimum atomic E-state index is 0.343. The number of hydrogen-bond donors (Lipinski definition) is 0. The number of hydrogen-bond acceptors (Lipinski definition) is 1. The van der Waals surface area contributed by atoms with E-state index < -0.39 is 0 Å². The Morgan fingerprint density at radius 1 is 1.31 bits per heavy atom. The van der Waals surface area contributed by atoms with Gasteiger partial charge in [-0.05, 0) is 33.9 Å². The molecule has 1 aliphatic rings. The second-order valence-electron chi connectivity index (χ2n) is 5.41. The van der Waals surface area contributed by atoms with Crippen molar-refractivity contribution in [1.29, 1.82) is 0 Å². The van der Waals surface area contributed by atoms with Gasteiger partial charge in [0.15, 0.2) is 0 Å². The van der Waals surface area contributed by atoms with Crippen molar-refractivity contribution in [1.82, 2.24) is 4.90 Å². The molecule has 13 heavy (non-hydrogen) atoms. The number of rotatable bonds is 1. The molecule has 75 valence electrons. The molecule has 1 radical (unpaired) electrons. The molecule has 0 bridgehead atoms. The zero-order valence-corrected chi connectivity index (χ0v) is 9.80. The van der Waals surface area contributed by atoms with E-state index in [0.29, 0.717) is 5.54 Å². The smallest absolute Gasteiger partial charge is 0.120 e. The third kappa shape index (κ3) is 3.01. The van der Waals surface area contributed by atoms with Crippen LogP contribution in [0.1, 0.15) is 41.0 Å². The molecule has 0 aromatic rings. The van der Waals surface area contributed by atoms with E-state index in [4.69, 9.17) is 0 Å². The minimum absolute atomic E-state index is 0.343. The highest BCUT2D eigenvalue weighted by Crippen LogP contribution is 2.29. The largest absolute Gasteiger partial charge is 0.299 e. The van der Waals surface area contributed by atoms with Crippen molar-refractivity contribution in [3.8, 4) is 0 Å². The molecular formula is C11H23BN. The molecule has 0 spiro atoms. The fourth-order valence-corrected chi connectivity index (χ4v) is 2.10. The molecule has 1 aliphatic heterocycles. The van der Waals surface area contributed by atoms with Gasteiger partial charge in [0.05, 0.1) is 0 Å². The highest BCUT2D eigenvalue weighted by atomic mass is 15.2. The van der Waals surface area contributed by atoms with Gasteiger partial charge in [-0.3, -0.25) is 4.90 Å². The quantitative estimate of drug-likeness (QED) is 0.561. The summed E-state index contributed by atoms with van der Waals surface area (Å²) in [5.41, 5.74) is 0.343. The predicted octanol–water partition coefficient (Wildman–Crippen LogP) is 2.81. The van der Waals surface area contributed by atoms with Crippen molar-refractivity contribution < 1.29 is 0 Å². The Bertz CT molecular complexity index is 162. The SMILES string of the molecule is CCC1[B]C(C)CN(C(C)(C)C)C1. The average molecular weight is 180 g/mol. The van der Waals surface area contributed by atoms with E-state index >= 15 is 0 Å². The molecule has 1 saturated heterocycles. The van der Waals surface area contributed by atoms with Crippen LogP contribution in [0.4, 0.5) is 0 Å². The van der Waals surface area contributed by atoms with Crippen LogP contribution in [0.25, 0.3) is 0 Å². The highest BCUT2D eigenvalue weighted by Gasteiger charge is 2.30. The van der Waals surface area contributed by atoms with Gasteiger partial charge in [0, 0.05) is 5.54 Å². The van der Waals surface area contributed by atoms with Crippen LogP contribution in [0.3, 0.4) is 0 Å². The first-order valence-electron chi connectivity index (χ1n) is 5.53. The fraction of sp³-hybridized carbons (Fsp3) is 1.00. The zero-order chi connectivity index (χ0) is 10.1. The van der Waals surface area contributed by atoms with Crippen molar-refractivity contribution >= 4 is 7.28 Å². The van der Waals surface area contributed by atoms with E-state index in [1.54, 1.807) is 0 Å². The first kappa shape index (κ1) is 11.1. The van der Waals surface area contributed by atoms with Gasteiger partial charge < -0.3 is 0 Å². The van der Waals surface area contributed by atoms with Gasteiger partial charge in [-0.2, -0.15) is 0 Å². The Balaban J connectivity index is 2.57. The van der Waals surface area contributed by atoms with E-state index in [2.05, 4.69) is 46.8 Å². The summed E-state index contributed by atoms with van der Waals surface area (Å²) in [4.78, 5) is 2.62. The topological polar surface area (TPSA) is 3.24 Å². The fourth-order valence-electron chi connectivity index (χ4n) is 2.10. The molecule has 0 aromatic carbocycles.